The highest BCUT2D eigenvalue weighted by atomic mass is 16.5. The second kappa shape index (κ2) is 7.32. The van der Waals surface area contributed by atoms with Crippen LogP contribution in [0.3, 0.4) is 0 Å². The SMILES string of the molecule is CCN(C(=O)COc1ccc2c(c1)CCCC2)c1ccccc1. The Morgan fingerprint density at radius 2 is 1.78 bits per heavy atom. The van der Waals surface area contributed by atoms with Crippen LogP contribution in [0.15, 0.2) is 48.5 Å². The van der Waals surface area contributed by atoms with E-state index in [4.69, 9.17) is 4.74 Å². The van der Waals surface area contributed by atoms with Gasteiger partial charge in [-0.3, -0.25) is 4.79 Å². The first-order valence-corrected chi connectivity index (χ1v) is 8.38. The molecule has 23 heavy (non-hydrogen) atoms. The van der Waals surface area contributed by atoms with Gasteiger partial charge < -0.3 is 9.64 Å². The van der Waals surface area contributed by atoms with E-state index in [-0.39, 0.29) is 12.5 Å². The number of hydrogen-bond acceptors (Lipinski definition) is 2. The molecule has 2 aromatic carbocycles. The molecule has 3 heteroatoms. The van der Waals surface area contributed by atoms with Crippen LogP contribution in [0.25, 0.3) is 0 Å². The summed E-state index contributed by atoms with van der Waals surface area (Å²) < 4.78 is 5.75. The molecule has 0 bridgehead atoms. The zero-order chi connectivity index (χ0) is 16.1. The topological polar surface area (TPSA) is 29.5 Å². The van der Waals surface area contributed by atoms with Gasteiger partial charge in [0.25, 0.3) is 5.91 Å². The van der Waals surface area contributed by atoms with E-state index in [9.17, 15) is 4.79 Å². The number of anilines is 1. The molecule has 120 valence electrons. The molecule has 0 spiro atoms. The molecule has 0 N–H and O–H groups in total. The van der Waals surface area contributed by atoms with E-state index in [0.29, 0.717) is 6.54 Å². The lowest BCUT2D eigenvalue weighted by Gasteiger charge is -2.21. The number of carbonyl (C=O) groups is 1. The molecule has 0 fully saturated rings. The van der Waals surface area contributed by atoms with Gasteiger partial charge in [0, 0.05) is 12.2 Å². The van der Waals surface area contributed by atoms with E-state index in [0.717, 1.165) is 24.3 Å². The molecule has 3 nitrogen and oxygen atoms in total. The molecule has 1 aliphatic carbocycles. The van der Waals surface area contributed by atoms with Crippen molar-refractivity contribution in [2.24, 2.45) is 0 Å². The Bertz CT molecular complexity index is 667. The maximum Gasteiger partial charge on any atom is 0.264 e. The Labute approximate surface area is 137 Å². The maximum atomic E-state index is 12.4. The fourth-order valence-electron chi connectivity index (χ4n) is 3.13. The first-order chi connectivity index (χ1) is 11.3. The lowest BCUT2D eigenvalue weighted by atomic mass is 9.92. The average Bonchev–Trinajstić information content (AvgIpc) is 2.61. The van der Waals surface area contributed by atoms with Gasteiger partial charge in [-0.25, -0.2) is 0 Å². The summed E-state index contributed by atoms with van der Waals surface area (Å²) in [4.78, 5) is 14.2. The summed E-state index contributed by atoms with van der Waals surface area (Å²) >= 11 is 0. The lowest BCUT2D eigenvalue weighted by Crippen LogP contribution is -2.34. The third-order valence-electron chi connectivity index (χ3n) is 4.37. The minimum absolute atomic E-state index is 0.0172. The van der Waals surface area contributed by atoms with E-state index < -0.39 is 0 Å². The predicted molar refractivity (Wildman–Crippen MR) is 93.0 cm³/mol. The molecule has 0 saturated heterocycles. The minimum Gasteiger partial charge on any atom is -0.484 e. The van der Waals surface area contributed by atoms with Crippen molar-refractivity contribution >= 4 is 11.6 Å². The van der Waals surface area contributed by atoms with Crippen molar-refractivity contribution in [3.63, 3.8) is 0 Å². The Kier molecular flexibility index (Phi) is 4.96. The number of para-hydroxylation sites is 1. The highest BCUT2D eigenvalue weighted by Gasteiger charge is 2.15. The highest BCUT2D eigenvalue weighted by Crippen LogP contribution is 2.25. The summed E-state index contributed by atoms with van der Waals surface area (Å²) in [7, 11) is 0. The molecular formula is C20H23NO2. The molecule has 0 aliphatic heterocycles. The highest BCUT2D eigenvalue weighted by molar-refractivity contribution is 5.94. The lowest BCUT2D eigenvalue weighted by molar-refractivity contribution is -0.120. The third kappa shape index (κ3) is 3.73. The van der Waals surface area contributed by atoms with Gasteiger partial charge in [-0.1, -0.05) is 24.3 Å². The van der Waals surface area contributed by atoms with Crippen molar-refractivity contribution in [2.45, 2.75) is 32.6 Å². The van der Waals surface area contributed by atoms with E-state index >= 15 is 0 Å². The minimum atomic E-state index is -0.0172. The van der Waals surface area contributed by atoms with Crippen LogP contribution >= 0.6 is 0 Å². The molecule has 0 heterocycles. The largest absolute Gasteiger partial charge is 0.484 e. The number of nitrogens with zero attached hydrogens (tertiary/aromatic N) is 1. The van der Waals surface area contributed by atoms with Crippen molar-refractivity contribution in [1.82, 2.24) is 0 Å². The molecule has 0 radical (unpaired) electrons. The van der Waals surface area contributed by atoms with Crippen LogP contribution < -0.4 is 9.64 Å². The Morgan fingerprint density at radius 1 is 1.04 bits per heavy atom. The first kappa shape index (κ1) is 15.6. The zero-order valence-corrected chi connectivity index (χ0v) is 13.6. The molecule has 2 aromatic rings. The average molecular weight is 309 g/mol. The molecule has 0 unspecified atom stereocenters. The van der Waals surface area contributed by atoms with Gasteiger partial charge in [-0.05, 0) is 68.0 Å². The Balaban J connectivity index is 1.64. The number of likely N-dealkylation sites (N-methyl/N-ethyl adjacent to an activating group) is 1. The monoisotopic (exact) mass is 309 g/mol. The van der Waals surface area contributed by atoms with Gasteiger partial charge in [-0.15, -0.1) is 0 Å². The fourth-order valence-corrected chi connectivity index (χ4v) is 3.13. The van der Waals surface area contributed by atoms with E-state index in [1.54, 1.807) is 4.90 Å². The smallest absolute Gasteiger partial charge is 0.264 e. The van der Waals surface area contributed by atoms with Gasteiger partial charge in [0.2, 0.25) is 0 Å². The second-order valence-electron chi connectivity index (χ2n) is 5.90. The summed E-state index contributed by atoms with van der Waals surface area (Å²) in [5, 5.41) is 0. The van der Waals surface area contributed by atoms with Crippen LogP contribution in [0.5, 0.6) is 5.75 Å². The van der Waals surface area contributed by atoms with Crippen molar-refractivity contribution in [2.75, 3.05) is 18.1 Å². The second-order valence-corrected chi connectivity index (χ2v) is 5.90. The summed E-state index contributed by atoms with van der Waals surface area (Å²) in [6.45, 7) is 2.68. The first-order valence-electron chi connectivity index (χ1n) is 8.38. The van der Waals surface area contributed by atoms with Gasteiger partial charge >= 0.3 is 0 Å². The zero-order valence-electron chi connectivity index (χ0n) is 13.6. The van der Waals surface area contributed by atoms with Gasteiger partial charge in [0.05, 0.1) is 0 Å². The van der Waals surface area contributed by atoms with Crippen LogP contribution in [0.2, 0.25) is 0 Å². The van der Waals surface area contributed by atoms with Crippen LogP contribution in [0.4, 0.5) is 5.69 Å². The number of fused-ring (bicyclic) bond motifs is 1. The molecule has 0 saturated carbocycles. The van der Waals surface area contributed by atoms with Crippen molar-refractivity contribution in [1.29, 1.82) is 0 Å². The number of carbonyl (C=O) groups excluding carboxylic acids is 1. The number of hydrogen-bond donors (Lipinski definition) is 0. The van der Waals surface area contributed by atoms with Gasteiger partial charge in [0.1, 0.15) is 5.75 Å². The molecule has 3 rings (SSSR count). The quantitative estimate of drug-likeness (QED) is 0.835. The third-order valence-corrected chi connectivity index (χ3v) is 4.37. The molecule has 1 amide bonds. The number of benzene rings is 2. The molecular weight excluding hydrogens is 286 g/mol. The van der Waals surface area contributed by atoms with Crippen molar-refractivity contribution < 1.29 is 9.53 Å². The number of rotatable bonds is 5. The van der Waals surface area contributed by atoms with Crippen molar-refractivity contribution in [3.05, 3.63) is 59.7 Å². The van der Waals surface area contributed by atoms with E-state index in [1.807, 2.05) is 43.3 Å². The number of ether oxygens (including phenoxy) is 1. The fraction of sp³-hybridized carbons (Fsp3) is 0.350. The summed E-state index contributed by atoms with van der Waals surface area (Å²) in [6, 6.07) is 15.9. The van der Waals surface area contributed by atoms with E-state index in [2.05, 4.69) is 12.1 Å². The molecule has 0 atom stereocenters. The molecule has 1 aliphatic rings. The molecule has 0 aromatic heterocycles. The Morgan fingerprint density at radius 3 is 2.52 bits per heavy atom. The number of amides is 1. The van der Waals surface area contributed by atoms with E-state index in [1.165, 1.54) is 24.0 Å². The number of aryl methyl sites for hydroxylation is 2. The van der Waals surface area contributed by atoms with Gasteiger partial charge in [-0.2, -0.15) is 0 Å². The van der Waals surface area contributed by atoms with Crippen LogP contribution in [-0.4, -0.2) is 19.1 Å². The van der Waals surface area contributed by atoms with Crippen LogP contribution in [0, 0.1) is 0 Å². The maximum absolute atomic E-state index is 12.4. The normalized spacial score (nSPS) is 13.3. The van der Waals surface area contributed by atoms with Crippen molar-refractivity contribution in [3.8, 4) is 5.75 Å². The standard InChI is InChI=1S/C20H23NO2/c1-2-21(18-10-4-3-5-11-18)20(22)15-23-19-13-12-16-8-6-7-9-17(16)14-19/h3-5,10-14H,2,6-9,15H2,1H3. The summed E-state index contributed by atoms with van der Waals surface area (Å²) in [5.41, 5.74) is 3.71. The summed E-state index contributed by atoms with van der Waals surface area (Å²) in [6.07, 6.45) is 4.79. The Hall–Kier alpha value is -2.29. The van der Waals surface area contributed by atoms with Crippen LogP contribution in [0.1, 0.15) is 30.9 Å². The van der Waals surface area contributed by atoms with Crippen LogP contribution in [-0.2, 0) is 17.6 Å². The van der Waals surface area contributed by atoms with Gasteiger partial charge in [0.15, 0.2) is 6.61 Å². The summed E-state index contributed by atoms with van der Waals surface area (Å²) in [5.74, 6) is 0.777. The predicted octanol–water partition coefficient (Wildman–Crippen LogP) is 4.00.